The summed E-state index contributed by atoms with van der Waals surface area (Å²) in [6.45, 7) is 1.44. The van der Waals surface area contributed by atoms with E-state index in [2.05, 4.69) is 15.3 Å². The molecule has 166 valence electrons. The van der Waals surface area contributed by atoms with Gasteiger partial charge in [0.2, 0.25) is 4.87 Å². The van der Waals surface area contributed by atoms with Crippen molar-refractivity contribution in [3.8, 4) is 0 Å². The zero-order valence-electron chi connectivity index (χ0n) is 17.2. The molecule has 7 nitrogen and oxygen atoms in total. The normalized spacial score (nSPS) is 18.1. The number of benzene rings is 1. The van der Waals surface area contributed by atoms with Crippen LogP contribution in [0.25, 0.3) is 11.0 Å². The average Bonchev–Trinajstić information content (AvgIpc) is 3.38. The number of fused-ring (bicyclic) bond motifs is 1. The highest BCUT2D eigenvalue weighted by Gasteiger charge is 2.51. The second-order valence-electron chi connectivity index (χ2n) is 7.45. The van der Waals surface area contributed by atoms with Crippen molar-refractivity contribution < 1.29 is 18.9 Å². The molecule has 0 bridgehead atoms. The highest BCUT2D eigenvalue weighted by atomic mass is 35.5. The maximum absolute atomic E-state index is 14.9. The van der Waals surface area contributed by atoms with E-state index in [9.17, 15) is 18.9 Å². The first-order valence-corrected chi connectivity index (χ1v) is 11.3. The largest absolute Gasteiger partial charge is 0.342 e. The van der Waals surface area contributed by atoms with Gasteiger partial charge in [-0.3, -0.25) is 19.7 Å². The van der Waals surface area contributed by atoms with E-state index in [-0.39, 0.29) is 23.9 Å². The minimum absolute atomic E-state index is 0.0352. The van der Waals surface area contributed by atoms with Crippen LogP contribution < -0.4 is 5.32 Å². The van der Waals surface area contributed by atoms with Crippen LogP contribution in [-0.2, 0) is 22.6 Å². The number of carbonyl (C=O) groups excluding carboxylic acids is 3. The Morgan fingerprint density at radius 3 is 2.78 bits per heavy atom. The molecule has 1 aliphatic rings. The first-order chi connectivity index (χ1) is 15.3. The van der Waals surface area contributed by atoms with Gasteiger partial charge in [0, 0.05) is 40.2 Å². The van der Waals surface area contributed by atoms with E-state index in [1.54, 1.807) is 42.6 Å². The van der Waals surface area contributed by atoms with Gasteiger partial charge in [-0.15, -0.1) is 11.8 Å². The first-order valence-electron chi connectivity index (χ1n) is 9.93. The van der Waals surface area contributed by atoms with Crippen molar-refractivity contribution in [1.82, 2.24) is 20.4 Å². The SMILES string of the molecule is CC(=O)c1c(CC(=O)[C@]2(C(=O)N(F)Cc3cccc(Cl)c3)NCCS2)[nH]c2ncccc12. The Morgan fingerprint density at radius 2 is 2.09 bits per heavy atom. The Hall–Kier alpha value is -2.75. The molecule has 2 N–H and O–H groups in total. The lowest BCUT2D eigenvalue weighted by atomic mass is 10.0. The van der Waals surface area contributed by atoms with Gasteiger partial charge in [-0.25, -0.2) is 4.98 Å². The van der Waals surface area contributed by atoms with E-state index >= 15 is 0 Å². The quantitative estimate of drug-likeness (QED) is 0.309. The molecule has 0 spiro atoms. The molecule has 1 aromatic carbocycles. The van der Waals surface area contributed by atoms with Crippen LogP contribution in [-0.4, -0.2) is 49.7 Å². The van der Waals surface area contributed by atoms with E-state index < -0.39 is 16.6 Å². The monoisotopic (exact) mass is 474 g/mol. The van der Waals surface area contributed by atoms with Gasteiger partial charge in [0.1, 0.15) is 5.65 Å². The van der Waals surface area contributed by atoms with Crippen molar-refractivity contribution in [2.45, 2.75) is 24.8 Å². The van der Waals surface area contributed by atoms with E-state index in [1.807, 2.05) is 0 Å². The standard InChI is InChI=1S/C22H20ClFN4O3S/c1-13(29)19-16-6-3-7-25-20(16)27-17(19)11-18(30)22(26-8-9-32-22)21(31)28(24)12-14-4-2-5-15(23)10-14/h2-7,10,26H,8-9,11-12H2,1H3,(H,25,27)/t22-/m0/s1. The van der Waals surface area contributed by atoms with Crippen LogP contribution in [0.3, 0.4) is 0 Å². The molecule has 2 aromatic heterocycles. The maximum atomic E-state index is 14.9. The molecule has 0 saturated carbocycles. The third kappa shape index (κ3) is 4.15. The van der Waals surface area contributed by atoms with E-state index in [0.717, 1.165) is 11.8 Å². The molecule has 3 aromatic rings. The van der Waals surface area contributed by atoms with Crippen molar-refractivity contribution in [1.29, 1.82) is 0 Å². The number of amides is 1. The summed E-state index contributed by atoms with van der Waals surface area (Å²) < 4.78 is 14.9. The Labute approximate surface area is 192 Å². The topological polar surface area (TPSA) is 95.2 Å². The highest BCUT2D eigenvalue weighted by Crippen LogP contribution is 2.33. The molecular formula is C22H20ClFN4O3S. The third-order valence-corrected chi connectivity index (χ3v) is 6.88. The number of pyridine rings is 1. The van der Waals surface area contributed by atoms with Crippen molar-refractivity contribution in [3.63, 3.8) is 0 Å². The third-order valence-electron chi connectivity index (χ3n) is 5.26. The van der Waals surface area contributed by atoms with Crippen LogP contribution in [0.1, 0.15) is 28.5 Å². The van der Waals surface area contributed by atoms with E-state index in [0.29, 0.717) is 45.2 Å². The molecule has 1 fully saturated rings. The molecule has 0 unspecified atom stereocenters. The van der Waals surface area contributed by atoms with Gasteiger partial charge in [-0.1, -0.05) is 28.2 Å². The predicted molar refractivity (Wildman–Crippen MR) is 121 cm³/mol. The molecule has 1 aliphatic heterocycles. The van der Waals surface area contributed by atoms with Gasteiger partial charge < -0.3 is 4.98 Å². The van der Waals surface area contributed by atoms with Gasteiger partial charge >= 0.3 is 0 Å². The Bertz CT molecular complexity index is 1210. The highest BCUT2D eigenvalue weighted by molar-refractivity contribution is 8.02. The second kappa shape index (κ2) is 9.01. The van der Waals surface area contributed by atoms with Crippen molar-refractivity contribution in [2.24, 2.45) is 0 Å². The summed E-state index contributed by atoms with van der Waals surface area (Å²) in [5, 5.41) is 3.95. The van der Waals surface area contributed by atoms with Crippen LogP contribution in [0.15, 0.2) is 42.6 Å². The second-order valence-corrected chi connectivity index (χ2v) is 9.19. The number of Topliss-reactive ketones (excluding diaryl/α,β-unsaturated/α-hetero) is 2. The Morgan fingerprint density at radius 1 is 1.28 bits per heavy atom. The molecule has 1 saturated heterocycles. The van der Waals surface area contributed by atoms with Crippen LogP contribution in [0, 0.1) is 0 Å². The molecule has 1 amide bonds. The number of hydrogen-bond acceptors (Lipinski definition) is 6. The van der Waals surface area contributed by atoms with Gasteiger partial charge in [-0.05, 0) is 36.8 Å². The van der Waals surface area contributed by atoms with Crippen molar-refractivity contribution in [3.05, 3.63) is 64.4 Å². The fourth-order valence-electron chi connectivity index (χ4n) is 3.85. The zero-order chi connectivity index (χ0) is 22.9. The summed E-state index contributed by atoms with van der Waals surface area (Å²) in [5.74, 6) is -1.28. The lowest BCUT2D eigenvalue weighted by Crippen LogP contribution is -2.57. The van der Waals surface area contributed by atoms with E-state index in [4.69, 9.17) is 11.6 Å². The first kappa shape index (κ1) is 22.4. The fraction of sp³-hybridized carbons (Fsp3) is 0.273. The Balaban J connectivity index is 1.62. The summed E-state index contributed by atoms with van der Waals surface area (Å²) in [6, 6.07) is 9.95. The summed E-state index contributed by atoms with van der Waals surface area (Å²) in [4.78, 5) is 44.2. The smallest absolute Gasteiger partial charge is 0.289 e. The molecule has 1 atom stereocenters. The number of aromatic nitrogens is 2. The number of thioether (sulfide) groups is 1. The molecule has 4 rings (SSSR count). The minimum Gasteiger partial charge on any atom is -0.342 e. The van der Waals surface area contributed by atoms with Crippen molar-refractivity contribution in [2.75, 3.05) is 12.3 Å². The number of aromatic amines is 1. The average molecular weight is 475 g/mol. The molecule has 0 radical (unpaired) electrons. The molecule has 3 heterocycles. The zero-order valence-corrected chi connectivity index (χ0v) is 18.7. The molecule has 32 heavy (non-hydrogen) atoms. The number of carbonyl (C=O) groups is 3. The minimum atomic E-state index is -1.77. The van der Waals surface area contributed by atoms with Crippen LogP contribution >= 0.6 is 23.4 Å². The summed E-state index contributed by atoms with van der Waals surface area (Å²) in [7, 11) is 0. The number of hydrogen-bond donors (Lipinski definition) is 2. The van der Waals surface area contributed by atoms with Gasteiger partial charge in [-0.2, -0.15) is 5.12 Å². The predicted octanol–water partition coefficient (Wildman–Crippen LogP) is 3.48. The van der Waals surface area contributed by atoms with Gasteiger partial charge in [0.25, 0.3) is 5.91 Å². The molecule has 10 heteroatoms. The number of nitrogens with zero attached hydrogens (tertiary/aromatic N) is 2. The lowest BCUT2D eigenvalue weighted by molar-refractivity contribution is -0.154. The van der Waals surface area contributed by atoms with Gasteiger partial charge in [0.05, 0.1) is 13.0 Å². The number of nitrogens with one attached hydrogen (secondary N) is 2. The summed E-state index contributed by atoms with van der Waals surface area (Å²) in [6.07, 6.45) is 1.33. The van der Waals surface area contributed by atoms with Gasteiger partial charge in [0.15, 0.2) is 11.6 Å². The summed E-state index contributed by atoms with van der Waals surface area (Å²) >= 11 is 7.00. The molecular weight excluding hydrogens is 455 g/mol. The van der Waals surface area contributed by atoms with Crippen LogP contribution in [0.4, 0.5) is 4.48 Å². The number of rotatable bonds is 7. The van der Waals surface area contributed by atoms with Crippen LogP contribution in [0.2, 0.25) is 5.02 Å². The van der Waals surface area contributed by atoms with Crippen LogP contribution in [0.5, 0.6) is 0 Å². The van der Waals surface area contributed by atoms with E-state index in [1.165, 1.54) is 6.92 Å². The summed E-state index contributed by atoms with van der Waals surface area (Å²) in [5.41, 5.74) is 1.68. The Kier molecular flexibility index (Phi) is 6.32. The van der Waals surface area contributed by atoms with Crippen molar-refractivity contribution >= 4 is 51.9 Å². The number of H-pyrrole nitrogens is 1. The number of ketones is 2. The fourth-order valence-corrected chi connectivity index (χ4v) is 5.23. The maximum Gasteiger partial charge on any atom is 0.289 e. The number of halogens is 2. The lowest BCUT2D eigenvalue weighted by Gasteiger charge is -2.28. The molecule has 0 aliphatic carbocycles.